The maximum absolute atomic E-state index is 10.2. The summed E-state index contributed by atoms with van der Waals surface area (Å²) in [4.78, 5) is 8.77. The van der Waals surface area contributed by atoms with Crippen molar-refractivity contribution in [3.8, 4) is 5.75 Å². The Bertz CT molecular complexity index is 1140. The normalized spacial score (nSPS) is 17.5. The lowest BCUT2D eigenvalue weighted by molar-refractivity contribution is 0.0776. The predicted octanol–water partition coefficient (Wildman–Crippen LogP) is 2.31. The number of hydrogen-bond acceptors (Lipinski definition) is 9. The van der Waals surface area contributed by atoms with Gasteiger partial charge in [-0.15, -0.1) is 0 Å². The van der Waals surface area contributed by atoms with Gasteiger partial charge in [-0.2, -0.15) is 10.1 Å². The SMILES string of the molecule is COc1cc(CNC2CCOCC2)ccc1Cn1ncc2nc(N)nc(NCCC(O)C3CC3)c21. The zero-order valence-corrected chi connectivity index (χ0v) is 20.2. The molecule has 1 aliphatic heterocycles. The first-order valence-corrected chi connectivity index (χ1v) is 12.5. The standard InChI is InChI=1S/C25H35N7O3/c1-34-22-12-16(13-28-19-7-10-35-11-8-19)2-3-18(22)15-32-23-20(14-29-32)30-25(26)31-24(23)27-9-6-21(33)17-4-5-17/h2-3,12,14,17,19,21,28,33H,4-11,13,15H2,1H3,(H3,26,27,30,31). The second-order valence-corrected chi connectivity index (χ2v) is 9.50. The maximum atomic E-state index is 10.2. The van der Waals surface area contributed by atoms with Crippen molar-refractivity contribution in [3.63, 3.8) is 0 Å². The van der Waals surface area contributed by atoms with E-state index in [0.29, 0.717) is 42.8 Å². The largest absolute Gasteiger partial charge is 0.496 e. The van der Waals surface area contributed by atoms with Crippen molar-refractivity contribution in [1.82, 2.24) is 25.1 Å². The Balaban J connectivity index is 1.30. The molecule has 0 bridgehead atoms. The van der Waals surface area contributed by atoms with Crippen molar-refractivity contribution in [2.45, 2.75) is 57.3 Å². The fraction of sp³-hybridized carbons (Fsp3) is 0.560. The maximum Gasteiger partial charge on any atom is 0.222 e. The summed E-state index contributed by atoms with van der Waals surface area (Å²) < 4.78 is 13.0. The van der Waals surface area contributed by atoms with Crippen LogP contribution in [0.5, 0.6) is 5.75 Å². The summed E-state index contributed by atoms with van der Waals surface area (Å²) in [5.41, 5.74) is 9.59. The van der Waals surface area contributed by atoms with Gasteiger partial charge in [-0.25, -0.2) is 4.98 Å². The molecule has 1 aliphatic carbocycles. The van der Waals surface area contributed by atoms with E-state index in [0.717, 1.165) is 62.3 Å². The van der Waals surface area contributed by atoms with Crippen molar-refractivity contribution in [2.75, 3.05) is 37.9 Å². The Hall–Kier alpha value is -2.95. The van der Waals surface area contributed by atoms with E-state index in [1.807, 2.05) is 4.68 Å². The Kier molecular flexibility index (Phi) is 7.31. The number of methoxy groups -OCH3 is 1. The van der Waals surface area contributed by atoms with Gasteiger partial charge in [-0.3, -0.25) is 4.68 Å². The molecule has 35 heavy (non-hydrogen) atoms. The monoisotopic (exact) mass is 481 g/mol. The smallest absolute Gasteiger partial charge is 0.222 e. The number of hydrogen-bond donors (Lipinski definition) is 4. The molecule has 3 aromatic rings. The Morgan fingerprint density at radius 1 is 1.23 bits per heavy atom. The molecule has 1 atom stereocenters. The number of aliphatic hydroxyl groups excluding tert-OH is 1. The third kappa shape index (κ3) is 5.83. The second kappa shape index (κ2) is 10.8. The lowest BCUT2D eigenvalue weighted by Gasteiger charge is -2.23. The topological polar surface area (TPSA) is 132 Å². The molecule has 0 spiro atoms. The number of rotatable bonds is 11. The van der Waals surface area contributed by atoms with Crippen LogP contribution in [-0.2, 0) is 17.8 Å². The zero-order valence-electron chi connectivity index (χ0n) is 20.2. The minimum atomic E-state index is -0.272. The first kappa shape index (κ1) is 23.8. The molecule has 1 saturated heterocycles. The minimum absolute atomic E-state index is 0.196. The van der Waals surface area contributed by atoms with Gasteiger partial charge in [0.05, 0.1) is 26.0 Å². The van der Waals surface area contributed by atoms with Gasteiger partial charge in [0.15, 0.2) is 5.82 Å². The van der Waals surface area contributed by atoms with E-state index in [-0.39, 0.29) is 12.1 Å². The number of nitrogen functional groups attached to an aromatic ring is 1. The summed E-state index contributed by atoms with van der Waals surface area (Å²) in [6, 6.07) is 6.79. The van der Waals surface area contributed by atoms with Crippen molar-refractivity contribution < 1.29 is 14.6 Å². The Morgan fingerprint density at radius 3 is 2.83 bits per heavy atom. The van der Waals surface area contributed by atoms with Crippen molar-refractivity contribution in [3.05, 3.63) is 35.5 Å². The van der Waals surface area contributed by atoms with Crippen LogP contribution in [0.2, 0.25) is 0 Å². The average molecular weight is 482 g/mol. The summed E-state index contributed by atoms with van der Waals surface area (Å²) in [5, 5.41) is 21.7. The van der Waals surface area contributed by atoms with Gasteiger partial charge >= 0.3 is 0 Å². The molecule has 1 saturated carbocycles. The van der Waals surface area contributed by atoms with Crippen LogP contribution in [-0.4, -0.2) is 63.9 Å². The van der Waals surface area contributed by atoms with Crippen molar-refractivity contribution in [1.29, 1.82) is 0 Å². The van der Waals surface area contributed by atoms with E-state index in [1.54, 1.807) is 13.3 Å². The van der Waals surface area contributed by atoms with Gasteiger partial charge < -0.3 is 30.9 Å². The summed E-state index contributed by atoms with van der Waals surface area (Å²) in [6.07, 6.45) is 6.42. The van der Waals surface area contributed by atoms with E-state index in [2.05, 4.69) is 43.9 Å². The predicted molar refractivity (Wildman–Crippen MR) is 134 cm³/mol. The first-order chi connectivity index (χ1) is 17.1. The van der Waals surface area contributed by atoms with Gasteiger partial charge in [0.1, 0.15) is 16.8 Å². The lowest BCUT2D eigenvalue weighted by atomic mass is 10.1. The van der Waals surface area contributed by atoms with Gasteiger partial charge in [-0.05, 0) is 49.7 Å². The molecule has 1 unspecified atom stereocenters. The number of nitrogens with one attached hydrogen (secondary N) is 2. The summed E-state index contributed by atoms with van der Waals surface area (Å²) in [5.74, 6) is 2.09. The quantitative estimate of drug-likeness (QED) is 0.326. The molecule has 5 N–H and O–H groups in total. The van der Waals surface area contributed by atoms with E-state index in [9.17, 15) is 5.11 Å². The number of ether oxygens (including phenoxy) is 2. The lowest BCUT2D eigenvalue weighted by Crippen LogP contribution is -2.34. The number of nitrogens with two attached hydrogens (primary N) is 1. The van der Waals surface area contributed by atoms with Crippen LogP contribution >= 0.6 is 0 Å². The zero-order chi connectivity index (χ0) is 24.2. The highest BCUT2D eigenvalue weighted by atomic mass is 16.5. The number of anilines is 2. The van der Waals surface area contributed by atoms with E-state index < -0.39 is 0 Å². The molecule has 1 aromatic carbocycles. The minimum Gasteiger partial charge on any atom is -0.496 e. The van der Waals surface area contributed by atoms with Crippen molar-refractivity contribution in [2.24, 2.45) is 5.92 Å². The number of nitrogens with zero attached hydrogens (tertiary/aromatic N) is 4. The molecule has 3 heterocycles. The number of benzene rings is 1. The van der Waals surface area contributed by atoms with Gasteiger partial charge in [0.25, 0.3) is 0 Å². The fourth-order valence-corrected chi connectivity index (χ4v) is 4.67. The Labute approximate surface area is 205 Å². The molecule has 5 rings (SSSR count). The van der Waals surface area contributed by atoms with E-state index >= 15 is 0 Å². The van der Waals surface area contributed by atoms with Crippen LogP contribution < -0.4 is 21.1 Å². The molecule has 188 valence electrons. The molecule has 2 aliphatic rings. The van der Waals surface area contributed by atoms with Crippen LogP contribution in [0.3, 0.4) is 0 Å². The molecule has 10 heteroatoms. The van der Waals surface area contributed by atoms with E-state index in [4.69, 9.17) is 15.2 Å². The van der Waals surface area contributed by atoms with Crippen LogP contribution in [0, 0.1) is 5.92 Å². The highest BCUT2D eigenvalue weighted by Gasteiger charge is 2.29. The molecule has 2 fully saturated rings. The summed E-state index contributed by atoms with van der Waals surface area (Å²) >= 11 is 0. The number of fused-ring (bicyclic) bond motifs is 1. The van der Waals surface area contributed by atoms with E-state index in [1.165, 1.54) is 5.56 Å². The highest BCUT2D eigenvalue weighted by molar-refractivity contribution is 5.86. The molecular formula is C25H35N7O3. The van der Waals surface area contributed by atoms with Gasteiger partial charge in [0.2, 0.25) is 5.95 Å². The first-order valence-electron chi connectivity index (χ1n) is 12.5. The van der Waals surface area contributed by atoms with Gasteiger partial charge in [0, 0.05) is 37.9 Å². The summed E-state index contributed by atoms with van der Waals surface area (Å²) in [6.45, 7) is 3.55. The van der Waals surface area contributed by atoms with Crippen molar-refractivity contribution >= 4 is 22.8 Å². The Morgan fingerprint density at radius 2 is 2.06 bits per heavy atom. The molecule has 10 nitrogen and oxygen atoms in total. The number of aromatic nitrogens is 4. The molecule has 0 amide bonds. The third-order valence-electron chi connectivity index (χ3n) is 6.89. The summed E-state index contributed by atoms with van der Waals surface area (Å²) in [7, 11) is 1.69. The average Bonchev–Trinajstić information content (AvgIpc) is 3.65. The fourth-order valence-electron chi connectivity index (χ4n) is 4.67. The van der Waals surface area contributed by atoms with Crippen LogP contribution in [0.25, 0.3) is 11.0 Å². The van der Waals surface area contributed by atoms with Crippen LogP contribution in [0.4, 0.5) is 11.8 Å². The van der Waals surface area contributed by atoms with Crippen LogP contribution in [0.1, 0.15) is 43.2 Å². The molecule has 2 aromatic heterocycles. The van der Waals surface area contributed by atoms with Gasteiger partial charge in [-0.1, -0.05) is 12.1 Å². The third-order valence-corrected chi connectivity index (χ3v) is 6.89. The highest BCUT2D eigenvalue weighted by Crippen LogP contribution is 2.34. The molecule has 0 radical (unpaired) electrons. The van der Waals surface area contributed by atoms with Crippen LogP contribution in [0.15, 0.2) is 24.4 Å². The number of aliphatic hydroxyl groups is 1. The second-order valence-electron chi connectivity index (χ2n) is 9.50. The molecular weight excluding hydrogens is 446 g/mol.